The van der Waals surface area contributed by atoms with Gasteiger partial charge in [0.05, 0.1) is 25.2 Å². The zero-order valence-electron chi connectivity index (χ0n) is 8.80. The van der Waals surface area contributed by atoms with E-state index in [1.165, 1.54) is 7.11 Å². The fourth-order valence-corrected chi connectivity index (χ4v) is 1.67. The Morgan fingerprint density at radius 2 is 2.07 bits per heavy atom. The van der Waals surface area contributed by atoms with Crippen LogP contribution in [0.5, 0.6) is 0 Å². The first-order valence-corrected chi connectivity index (χ1v) is 4.86. The maximum Gasteiger partial charge on any atom is 0.391 e. The van der Waals surface area contributed by atoms with Gasteiger partial charge in [0, 0.05) is 13.2 Å². The molecular formula is C9H16F3NO2. The highest BCUT2D eigenvalue weighted by Gasteiger charge is 2.41. The van der Waals surface area contributed by atoms with E-state index in [4.69, 9.17) is 9.47 Å². The number of rotatable bonds is 5. The van der Waals surface area contributed by atoms with Gasteiger partial charge < -0.3 is 14.8 Å². The van der Waals surface area contributed by atoms with E-state index in [-0.39, 0.29) is 24.9 Å². The van der Waals surface area contributed by atoms with Crippen molar-refractivity contribution in [2.45, 2.75) is 37.3 Å². The van der Waals surface area contributed by atoms with E-state index in [2.05, 4.69) is 5.32 Å². The van der Waals surface area contributed by atoms with Gasteiger partial charge in [-0.2, -0.15) is 13.2 Å². The quantitative estimate of drug-likeness (QED) is 0.768. The zero-order valence-corrected chi connectivity index (χ0v) is 8.80. The van der Waals surface area contributed by atoms with Crippen molar-refractivity contribution in [1.29, 1.82) is 0 Å². The Bertz CT molecular complexity index is 198. The van der Waals surface area contributed by atoms with Gasteiger partial charge in [0.2, 0.25) is 0 Å². The lowest BCUT2D eigenvalue weighted by molar-refractivity contribution is -0.173. The minimum atomic E-state index is -4.14. The Morgan fingerprint density at radius 3 is 2.53 bits per heavy atom. The minimum Gasteiger partial charge on any atom is -0.377 e. The number of likely N-dealkylation sites (N-methyl/N-ethyl adjacent to an activating group) is 1. The number of hydrogen-bond donors (Lipinski definition) is 1. The average Bonchev–Trinajstić information content (AvgIpc) is 2.08. The van der Waals surface area contributed by atoms with E-state index >= 15 is 0 Å². The van der Waals surface area contributed by atoms with E-state index in [9.17, 15) is 13.2 Å². The van der Waals surface area contributed by atoms with E-state index in [1.54, 1.807) is 7.05 Å². The van der Waals surface area contributed by atoms with Crippen LogP contribution in [0.4, 0.5) is 13.2 Å². The van der Waals surface area contributed by atoms with Gasteiger partial charge in [-0.05, 0) is 13.5 Å². The monoisotopic (exact) mass is 227 g/mol. The summed E-state index contributed by atoms with van der Waals surface area (Å²) in [5.74, 6) is 0. The third-order valence-electron chi connectivity index (χ3n) is 2.61. The maximum atomic E-state index is 11.8. The van der Waals surface area contributed by atoms with Gasteiger partial charge in [-0.15, -0.1) is 0 Å². The lowest BCUT2D eigenvalue weighted by Gasteiger charge is -2.43. The molecule has 0 amide bonds. The molecule has 1 fully saturated rings. The number of hydrogen-bond acceptors (Lipinski definition) is 3. The van der Waals surface area contributed by atoms with Crippen LogP contribution in [0.1, 0.15) is 12.8 Å². The Morgan fingerprint density at radius 1 is 1.40 bits per heavy atom. The number of alkyl halides is 3. The molecule has 3 atom stereocenters. The molecule has 0 bridgehead atoms. The van der Waals surface area contributed by atoms with Crippen LogP contribution in [0.2, 0.25) is 0 Å². The molecule has 0 aliphatic heterocycles. The second-order valence-electron chi connectivity index (χ2n) is 3.61. The molecule has 0 heterocycles. The molecule has 0 saturated heterocycles. The summed E-state index contributed by atoms with van der Waals surface area (Å²) in [5.41, 5.74) is 0. The molecule has 0 aromatic rings. The van der Waals surface area contributed by atoms with Gasteiger partial charge in [0.25, 0.3) is 0 Å². The summed E-state index contributed by atoms with van der Waals surface area (Å²) in [5, 5.41) is 3.01. The molecule has 0 spiro atoms. The second-order valence-corrected chi connectivity index (χ2v) is 3.61. The molecule has 1 saturated carbocycles. The SMILES string of the molecule is CNC1CC(OCCC(F)(F)F)C1OC. The van der Waals surface area contributed by atoms with Crippen molar-refractivity contribution in [3.05, 3.63) is 0 Å². The molecule has 3 unspecified atom stereocenters. The summed E-state index contributed by atoms with van der Waals surface area (Å²) in [6.45, 7) is -0.287. The summed E-state index contributed by atoms with van der Waals surface area (Å²) >= 11 is 0. The Kier molecular flexibility index (Phi) is 4.36. The van der Waals surface area contributed by atoms with E-state index in [1.807, 2.05) is 0 Å². The van der Waals surface area contributed by atoms with Crippen molar-refractivity contribution in [2.75, 3.05) is 20.8 Å². The lowest BCUT2D eigenvalue weighted by atomic mass is 9.85. The molecule has 6 heteroatoms. The van der Waals surface area contributed by atoms with Gasteiger partial charge in [0.1, 0.15) is 0 Å². The van der Waals surface area contributed by atoms with E-state index in [0.717, 1.165) is 0 Å². The molecule has 1 rings (SSSR count). The van der Waals surface area contributed by atoms with Crippen molar-refractivity contribution in [3.63, 3.8) is 0 Å². The lowest BCUT2D eigenvalue weighted by Crippen LogP contribution is -2.59. The van der Waals surface area contributed by atoms with Gasteiger partial charge in [-0.1, -0.05) is 0 Å². The van der Waals surface area contributed by atoms with Crippen LogP contribution in [-0.2, 0) is 9.47 Å². The van der Waals surface area contributed by atoms with Crippen molar-refractivity contribution < 1.29 is 22.6 Å². The number of nitrogens with one attached hydrogen (secondary N) is 1. The van der Waals surface area contributed by atoms with Crippen LogP contribution in [-0.4, -0.2) is 45.2 Å². The van der Waals surface area contributed by atoms with E-state index < -0.39 is 12.6 Å². The van der Waals surface area contributed by atoms with E-state index in [0.29, 0.717) is 6.42 Å². The van der Waals surface area contributed by atoms with Crippen LogP contribution >= 0.6 is 0 Å². The van der Waals surface area contributed by atoms with Gasteiger partial charge in [-0.25, -0.2) is 0 Å². The largest absolute Gasteiger partial charge is 0.391 e. The highest BCUT2D eigenvalue weighted by atomic mass is 19.4. The predicted molar refractivity (Wildman–Crippen MR) is 48.7 cm³/mol. The summed E-state index contributed by atoms with van der Waals surface area (Å²) in [7, 11) is 3.33. The Labute approximate surface area is 86.9 Å². The summed E-state index contributed by atoms with van der Waals surface area (Å²) in [6, 6.07) is 0.186. The number of methoxy groups -OCH3 is 1. The Balaban J connectivity index is 2.18. The standard InChI is InChI=1S/C9H16F3NO2/c1-13-6-5-7(8(6)14-2)15-4-3-9(10,11)12/h6-8,13H,3-5H2,1-2H3. The highest BCUT2D eigenvalue weighted by molar-refractivity contribution is 4.96. The predicted octanol–water partition coefficient (Wildman–Crippen LogP) is 1.33. The highest BCUT2D eigenvalue weighted by Crippen LogP contribution is 2.28. The van der Waals surface area contributed by atoms with Crippen LogP contribution in [0.25, 0.3) is 0 Å². The van der Waals surface area contributed by atoms with Gasteiger partial charge in [-0.3, -0.25) is 0 Å². The topological polar surface area (TPSA) is 30.5 Å². The average molecular weight is 227 g/mol. The number of ether oxygens (including phenoxy) is 2. The fourth-order valence-electron chi connectivity index (χ4n) is 1.67. The summed E-state index contributed by atoms with van der Waals surface area (Å²) in [4.78, 5) is 0. The fraction of sp³-hybridized carbons (Fsp3) is 1.00. The molecule has 1 aliphatic carbocycles. The molecule has 90 valence electrons. The molecule has 3 nitrogen and oxygen atoms in total. The molecule has 0 aromatic carbocycles. The van der Waals surface area contributed by atoms with Crippen molar-refractivity contribution in [3.8, 4) is 0 Å². The smallest absolute Gasteiger partial charge is 0.377 e. The third kappa shape index (κ3) is 3.62. The number of halogens is 3. The first-order valence-electron chi connectivity index (χ1n) is 4.86. The first-order chi connectivity index (χ1) is 6.98. The van der Waals surface area contributed by atoms with Crippen LogP contribution < -0.4 is 5.32 Å². The Hall–Kier alpha value is -0.330. The molecular weight excluding hydrogens is 211 g/mol. The summed E-state index contributed by atoms with van der Waals surface area (Å²) in [6.07, 6.45) is -4.69. The van der Waals surface area contributed by atoms with Crippen molar-refractivity contribution in [1.82, 2.24) is 5.32 Å². The van der Waals surface area contributed by atoms with Crippen LogP contribution in [0.15, 0.2) is 0 Å². The molecule has 0 aromatic heterocycles. The zero-order chi connectivity index (χ0) is 11.5. The third-order valence-corrected chi connectivity index (χ3v) is 2.61. The molecule has 1 aliphatic rings. The van der Waals surface area contributed by atoms with Crippen molar-refractivity contribution >= 4 is 0 Å². The van der Waals surface area contributed by atoms with Gasteiger partial charge in [0.15, 0.2) is 0 Å². The summed E-state index contributed by atoms with van der Waals surface area (Å²) < 4.78 is 45.7. The van der Waals surface area contributed by atoms with Gasteiger partial charge >= 0.3 is 6.18 Å². The van der Waals surface area contributed by atoms with Crippen LogP contribution in [0.3, 0.4) is 0 Å². The molecule has 1 N–H and O–H groups in total. The first kappa shape index (κ1) is 12.7. The molecule has 15 heavy (non-hydrogen) atoms. The van der Waals surface area contributed by atoms with Crippen molar-refractivity contribution in [2.24, 2.45) is 0 Å². The normalized spacial score (nSPS) is 31.4. The maximum absolute atomic E-state index is 11.8. The minimum absolute atomic E-state index is 0.136. The second kappa shape index (κ2) is 5.14. The van der Waals surface area contributed by atoms with Crippen LogP contribution in [0, 0.1) is 0 Å². The molecule has 0 radical (unpaired) electrons.